The van der Waals surface area contributed by atoms with Gasteiger partial charge in [0, 0.05) is 40.0 Å². The highest BCUT2D eigenvalue weighted by Gasteiger charge is 2.15. The van der Waals surface area contributed by atoms with Crippen LogP contribution in [0, 0.1) is 0 Å². The van der Waals surface area contributed by atoms with Crippen molar-refractivity contribution in [1.29, 1.82) is 0 Å². The quantitative estimate of drug-likeness (QED) is 0.650. The highest BCUT2D eigenvalue weighted by atomic mass is 32.1. The lowest BCUT2D eigenvalue weighted by Crippen LogP contribution is -2.03. The van der Waals surface area contributed by atoms with Gasteiger partial charge in [-0.3, -0.25) is 0 Å². The third kappa shape index (κ3) is 1.72. The Morgan fingerprint density at radius 2 is 1.61 bits per heavy atom. The molecule has 0 aliphatic heterocycles. The third-order valence-corrected chi connectivity index (χ3v) is 4.35. The van der Waals surface area contributed by atoms with Crippen LogP contribution in [-0.2, 0) is 9.47 Å². The maximum absolute atomic E-state index is 5.37. The van der Waals surface area contributed by atoms with Crippen molar-refractivity contribution in [3.63, 3.8) is 0 Å². The average Bonchev–Trinajstić information content (AvgIpc) is 2.80. The summed E-state index contributed by atoms with van der Waals surface area (Å²) in [5.41, 5.74) is 1.10. The molecule has 18 heavy (non-hydrogen) atoms. The largest absolute Gasteiger partial charge is 0.352 e. The molecule has 0 radical (unpaired) electrons. The number of hydrogen-bond donors (Lipinski definition) is 0. The van der Waals surface area contributed by atoms with Gasteiger partial charge in [-0.15, -0.1) is 11.3 Å². The Morgan fingerprint density at radius 3 is 2.39 bits per heavy atom. The van der Waals surface area contributed by atoms with Gasteiger partial charge in [0.2, 0.25) is 0 Å². The van der Waals surface area contributed by atoms with Crippen LogP contribution < -0.4 is 0 Å². The Labute approximate surface area is 110 Å². The van der Waals surface area contributed by atoms with Crippen molar-refractivity contribution in [2.75, 3.05) is 14.2 Å². The Balaban J connectivity index is 2.34. The summed E-state index contributed by atoms with van der Waals surface area (Å²) >= 11 is 1.79. The minimum Gasteiger partial charge on any atom is -0.352 e. The second-order valence-electron chi connectivity index (χ2n) is 4.13. The van der Waals surface area contributed by atoms with Gasteiger partial charge in [-0.25, -0.2) is 0 Å². The molecule has 3 heteroatoms. The van der Waals surface area contributed by atoms with Crippen molar-refractivity contribution in [2.24, 2.45) is 0 Å². The van der Waals surface area contributed by atoms with Crippen LogP contribution >= 0.6 is 11.3 Å². The van der Waals surface area contributed by atoms with E-state index in [9.17, 15) is 0 Å². The minimum atomic E-state index is -0.304. The zero-order valence-corrected chi connectivity index (χ0v) is 11.2. The Hall–Kier alpha value is -1.42. The number of rotatable bonds is 3. The number of hydrogen-bond acceptors (Lipinski definition) is 3. The maximum Gasteiger partial charge on any atom is 0.184 e. The van der Waals surface area contributed by atoms with Gasteiger partial charge >= 0.3 is 0 Å². The van der Waals surface area contributed by atoms with E-state index in [0.717, 1.165) is 5.56 Å². The van der Waals surface area contributed by atoms with Gasteiger partial charge in [0.05, 0.1) is 0 Å². The first-order valence-corrected chi connectivity index (χ1v) is 6.62. The Kier molecular flexibility index (Phi) is 3.04. The smallest absolute Gasteiger partial charge is 0.184 e. The predicted molar refractivity (Wildman–Crippen MR) is 76.1 cm³/mol. The summed E-state index contributed by atoms with van der Waals surface area (Å²) in [4.78, 5) is 0. The number of thiophene rings is 1. The van der Waals surface area contributed by atoms with E-state index in [4.69, 9.17) is 9.47 Å². The van der Waals surface area contributed by atoms with Gasteiger partial charge in [0.15, 0.2) is 6.29 Å². The fraction of sp³-hybridized carbons (Fsp3) is 0.200. The minimum absolute atomic E-state index is 0.304. The third-order valence-electron chi connectivity index (χ3n) is 3.12. The molecule has 0 aliphatic rings. The number of fused-ring (bicyclic) bond motifs is 3. The van der Waals surface area contributed by atoms with Gasteiger partial charge in [0.25, 0.3) is 0 Å². The molecule has 0 bridgehead atoms. The molecular formula is C15H14O2S. The van der Waals surface area contributed by atoms with E-state index >= 15 is 0 Å². The van der Waals surface area contributed by atoms with E-state index in [0.29, 0.717) is 0 Å². The van der Waals surface area contributed by atoms with Crippen LogP contribution in [0.15, 0.2) is 42.5 Å². The molecule has 3 aromatic rings. The zero-order chi connectivity index (χ0) is 12.5. The molecule has 92 valence electrons. The lowest BCUT2D eigenvalue weighted by molar-refractivity contribution is -0.104. The highest BCUT2D eigenvalue weighted by molar-refractivity contribution is 7.26. The van der Waals surface area contributed by atoms with E-state index in [1.54, 1.807) is 25.6 Å². The molecule has 3 rings (SSSR count). The number of benzene rings is 2. The van der Waals surface area contributed by atoms with E-state index in [-0.39, 0.29) is 6.29 Å². The molecule has 0 N–H and O–H groups in total. The van der Waals surface area contributed by atoms with Crippen LogP contribution in [-0.4, -0.2) is 14.2 Å². The van der Waals surface area contributed by atoms with E-state index in [1.165, 1.54) is 20.2 Å². The first kappa shape index (κ1) is 11.7. The van der Waals surface area contributed by atoms with Crippen LogP contribution in [0.25, 0.3) is 20.2 Å². The molecule has 0 aliphatic carbocycles. The normalized spacial score (nSPS) is 11.7. The monoisotopic (exact) mass is 258 g/mol. The van der Waals surface area contributed by atoms with Crippen LogP contribution in [0.5, 0.6) is 0 Å². The summed E-state index contributed by atoms with van der Waals surface area (Å²) in [7, 11) is 3.33. The lowest BCUT2D eigenvalue weighted by atomic mass is 10.1. The summed E-state index contributed by atoms with van der Waals surface area (Å²) in [6.07, 6.45) is -0.304. The van der Waals surface area contributed by atoms with Crippen LogP contribution in [0.1, 0.15) is 11.9 Å². The van der Waals surface area contributed by atoms with Crippen molar-refractivity contribution in [2.45, 2.75) is 6.29 Å². The van der Waals surface area contributed by atoms with Gasteiger partial charge in [-0.1, -0.05) is 36.4 Å². The molecule has 0 fully saturated rings. The molecule has 1 heterocycles. The highest BCUT2D eigenvalue weighted by Crippen LogP contribution is 2.38. The van der Waals surface area contributed by atoms with Crippen molar-refractivity contribution in [3.8, 4) is 0 Å². The molecule has 2 nitrogen and oxygen atoms in total. The summed E-state index contributed by atoms with van der Waals surface area (Å²) in [5, 5.41) is 2.57. The zero-order valence-electron chi connectivity index (χ0n) is 10.3. The van der Waals surface area contributed by atoms with Gasteiger partial charge in [-0.05, 0) is 6.07 Å². The first-order chi connectivity index (χ1) is 8.85. The van der Waals surface area contributed by atoms with Gasteiger partial charge in [0.1, 0.15) is 0 Å². The van der Waals surface area contributed by atoms with E-state index in [2.05, 4.69) is 42.5 Å². The molecule has 2 aromatic carbocycles. The Morgan fingerprint density at radius 1 is 0.889 bits per heavy atom. The molecule has 0 saturated carbocycles. The summed E-state index contributed by atoms with van der Waals surface area (Å²) in [6.45, 7) is 0. The topological polar surface area (TPSA) is 18.5 Å². The van der Waals surface area contributed by atoms with Crippen LogP contribution in [0.3, 0.4) is 0 Å². The fourth-order valence-corrected chi connectivity index (χ4v) is 3.53. The van der Waals surface area contributed by atoms with Crippen molar-refractivity contribution in [1.82, 2.24) is 0 Å². The Bertz CT molecular complexity index is 683. The predicted octanol–water partition coefficient (Wildman–Crippen LogP) is 4.35. The van der Waals surface area contributed by atoms with E-state index in [1.807, 2.05) is 0 Å². The molecule has 0 saturated heterocycles. The van der Waals surface area contributed by atoms with E-state index < -0.39 is 0 Å². The van der Waals surface area contributed by atoms with Gasteiger partial charge < -0.3 is 9.47 Å². The molecule has 0 spiro atoms. The van der Waals surface area contributed by atoms with Crippen LogP contribution in [0.4, 0.5) is 0 Å². The standard InChI is InChI=1S/C15H14O2S/c1-16-15(17-2)12-8-5-7-11-10-6-3-4-9-13(10)18-14(11)12/h3-9,15H,1-2H3. The maximum atomic E-state index is 5.37. The van der Waals surface area contributed by atoms with Crippen molar-refractivity contribution in [3.05, 3.63) is 48.0 Å². The molecule has 1 aromatic heterocycles. The average molecular weight is 258 g/mol. The fourth-order valence-electron chi connectivity index (χ4n) is 2.30. The van der Waals surface area contributed by atoms with Crippen molar-refractivity contribution >= 4 is 31.5 Å². The van der Waals surface area contributed by atoms with Gasteiger partial charge in [-0.2, -0.15) is 0 Å². The summed E-state index contributed by atoms with van der Waals surface area (Å²) in [5.74, 6) is 0. The first-order valence-electron chi connectivity index (χ1n) is 5.81. The summed E-state index contributed by atoms with van der Waals surface area (Å²) in [6, 6.07) is 14.7. The molecule has 0 atom stereocenters. The second-order valence-corrected chi connectivity index (χ2v) is 5.18. The lowest BCUT2D eigenvalue weighted by Gasteiger charge is -2.14. The van der Waals surface area contributed by atoms with Crippen molar-refractivity contribution < 1.29 is 9.47 Å². The molecule has 0 amide bonds. The number of methoxy groups -OCH3 is 2. The second kappa shape index (κ2) is 4.69. The summed E-state index contributed by atoms with van der Waals surface area (Å²) < 4.78 is 13.3. The molecule has 0 unspecified atom stereocenters. The van der Waals surface area contributed by atoms with Crippen LogP contribution in [0.2, 0.25) is 0 Å². The number of ether oxygens (including phenoxy) is 2. The SMILES string of the molecule is COC(OC)c1cccc2c1sc1ccccc12. The molecular weight excluding hydrogens is 244 g/mol.